The van der Waals surface area contributed by atoms with Gasteiger partial charge in [-0.1, -0.05) is 35.3 Å². The summed E-state index contributed by atoms with van der Waals surface area (Å²) in [6.07, 6.45) is -3.20. The number of carbonyl (C=O) groups is 1. The van der Waals surface area contributed by atoms with Crippen LogP contribution in [0.1, 0.15) is 27.0 Å². The van der Waals surface area contributed by atoms with Gasteiger partial charge in [-0.2, -0.15) is 18.3 Å². The number of hydrazone groups is 1. The van der Waals surface area contributed by atoms with Crippen molar-refractivity contribution < 1.29 is 27.4 Å². The van der Waals surface area contributed by atoms with Crippen LogP contribution in [0.2, 0.25) is 10.0 Å². The number of amides is 1. The van der Waals surface area contributed by atoms with Crippen LogP contribution in [0.25, 0.3) is 0 Å². The molecule has 0 saturated heterocycles. The highest BCUT2D eigenvalue weighted by Gasteiger charge is 2.30. The third-order valence-electron chi connectivity index (χ3n) is 4.45. The fourth-order valence-corrected chi connectivity index (χ4v) is 3.91. The second-order valence-electron chi connectivity index (χ2n) is 6.85. The first kappa shape index (κ1) is 26.1. The molecule has 0 heterocycles. The molecule has 5 nitrogen and oxygen atoms in total. The first-order valence-electron chi connectivity index (χ1n) is 9.53. The summed E-state index contributed by atoms with van der Waals surface area (Å²) in [7, 11) is 1.48. The molecule has 0 aliphatic carbocycles. The van der Waals surface area contributed by atoms with E-state index in [-0.39, 0.29) is 12.2 Å². The van der Waals surface area contributed by atoms with Crippen LogP contribution in [0.4, 0.5) is 13.2 Å². The molecule has 0 atom stereocenters. The van der Waals surface area contributed by atoms with Crippen molar-refractivity contribution in [1.29, 1.82) is 0 Å². The molecule has 0 radical (unpaired) electrons. The average Bonchev–Trinajstić information content (AvgIpc) is 2.79. The molecular weight excluding hydrogens is 607 g/mol. The predicted octanol–water partition coefficient (Wildman–Crippen LogP) is 6.97. The normalized spacial score (nSPS) is 11.5. The van der Waals surface area contributed by atoms with Crippen molar-refractivity contribution in [1.82, 2.24) is 5.43 Å². The Kier molecular flexibility index (Phi) is 8.67. The lowest BCUT2D eigenvalue weighted by Crippen LogP contribution is -2.18. The molecule has 178 valence electrons. The molecule has 1 amide bonds. The van der Waals surface area contributed by atoms with Gasteiger partial charge >= 0.3 is 6.18 Å². The van der Waals surface area contributed by atoms with Crippen LogP contribution < -0.4 is 14.9 Å². The maximum atomic E-state index is 12.8. The summed E-state index contributed by atoms with van der Waals surface area (Å²) >= 11 is 14.0. The number of carbonyl (C=O) groups excluding carboxylic acids is 1. The van der Waals surface area contributed by atoms with E-state index in [4.69, 9.17) is 32.7 Å². The Balaban J connectivity index is 1.70. The van der Waals surface area contributed by atoms with Gasteiger partial charge in [-0.25, -0.2) is 5.43 Å². The van der Waals surface area contributed by atoms with E-state index in [9.17, 15) is 18.0 Å². The van der Waals surface area contributed by atoms with E-state index in [0.717, 1.165) is 23.8 Å². The average molecular weight is 623 g/mol. The zero-order chi connectivity index (χ0) is 24.9. The number of methoxy groups -OCH3 is 1. The molecule has 34 heavy (non-hydrogen) atoms. The highest BCUT2D eigenvalue weighted by atomic mass is 127. The van der Waals surface area contributed by atoms with Gasteiger partial charge in [-0.3, -0.25) is 4.79 Å². The number of nitrogens with zero attached hydrogens (tertiary/aromatic N) is 1. The molecule has 0 bridgehead atoms. The molecule has 0 aliphatic heterocycles. The number of hydrogen-bond donors (Lipinski definition) is 1. The second kappa shape index (κ2) is 11.3. The van der Waals surface area contributed by atoms with Crippen molar-refractivity contribution in [3.63, 3.8) is 0 Å². The lowest BCUT2D eigenvalue weighted by atomic mass is 10.1. The van der Waals surface area contributed by atoms with E-state index < -0.39 is 17.6 Å². The zero-order valence-corrected chi connectivity index (χ0v) is 21.1. The van der Waals surface area contributed by atoms with Crippen molar-refractivity contribution in [2.45, 2.75) is 12.8 Å². The Labute approximate surface area is 217 Å². The molecule has 0 aliphatic rings. The van der Waals surface area contributed by atoms with Crippen molar-refractivity contribution in [2.24, 2.45) is 5.10 Å². The van der Waals surface area contributed by atoms with Gasteiger partial charge in [0.15, 0.2) is 11.5 Å². The molecule has 3 aromatic rings. The molecule has 3 rings (SSSR count). The van der Waals surface area contributed by atoms with E-state index in [1.165, 1.54) is 19.4 Å². The molecule has 0 aromatic heterocycles. The highest BCUT2D eigenvalue weighted by molar-refractivity contribution is 14.1. The largest absolute Gasteiger partial charge is 0.493 e. The Hall–Kier alpha value is -2.50. The lowest BCUT2D eigenvalue weighted by molar-refractivity contribution is -0.137. The van der Waals surface area contributed by atoms with Crippen molar-refractivity contribution >= 4 is 57.9 Å². The third-order valence-corrected chi connectivity index (χ3v) is 5.99. The fourth-order valence-electron chi connectivity index (χ4n) is 2.81. The van der Waals surface area contributed by atoms with Gasteiger partial charge in [0, 0.05) is 5.56 Å². The van der Waals surface area contributed by atoms with E-state index >= 15 is 0 Å². The Morgan fingerprint density at radius 3 is 2.56 bits per heavy atom. The maximum absolute atomic E-state index is 12.8. The minimum Gasteiger partial charge on any atom is -0.493 e. The van der Waals surface area contributed by atoms with E-state index in [1.807, 2.05) is 0 Å². The summed E-state index contributed by atoms with van der Waals surface area (Å²) in [5, 5.41) is 4.70. The lowest BCUT2D eigenvalue weighted by Gasteiger charge is -2.14. The Morgan fingerprint density at radius 2 is 1.88 bits per heavy atom. The fraction of sp³-hybridized carbons (Fsp3) is 0.130. The van der Waals surface area contributed by atoms with Gasteiger partial charge in [0.25, 0.3) is 5.91 Å². The van der Waals surface area contributed by atoms with E-state index in [1.54, 1.807) is 30.3 Å². The number of hydrogen-bond acceptors (Lipinski definition) is 4. The molecule has 0 spiro atoms. The monoisotopic (exact) mass is 622 g/mol. The maximum Gasteiger partial charge on any atom is 0.416 e. The van der Waals surface area contributed by atoms with Crippen LogP contribution >= 0.6 is 45.8 Å². The van der Waals surface area contributed by atoms with Gasteiger partial charge in [0.1, 0.15) is 6.61 Å². The number of benzene rings is 3. The number of alkyl halides is 3. The SMILES string of the molecule is COc1cc(/C=N\NC(=O)c2cccc(C(F)(F)F)c2)cc(I)c1OCc1ccc(Cl)c(Cl)c1. The topological polar surface area (TPSA) is 59.9 Å². The van der Waals surface area contributed by atoms with E-state index in [2.05, 4.69) is 33.1 Å². The number of ether oxygens (including phenoxy) is 2. The molecular formula is C23H16Cl2F3IN2O3. The minimum absolute atomic E-state index is 0.162. The second-order valence-corrected chi connectivity index (χ2v) is 8.83. The van der Waals surface area contributed by atoms with Crippen LogP contribution in [0.3, 0.4) is 0 Å². The van der Waals surface area contributed by atoms with Gasteiger partial charge in [0.2, 0.25) is 0 Å². The molecule has 11 heteroatoms. The molecule has 0 saturated carbocycles. The molecule has 0 unspecified atom stereocenters. The van der Waals surface area contributed by atoms with Gasteiger partial charge < -0.3 is 9.47 Å². The van der Waals surface area contributed by atoms with E-state index in [0.29, 0.717) is 30.7 Å². The van der Waals surface area contributed by atoms with Gasteiger partial charge in [-0.15, -0.1) is 0 Å². The zero-order valence-electron chi connectivity index (χ0n) is 17.4. The van der Waals surface area contributed by atoms with Crippen molar-refractivity contribution in [2.75, 3.05) is 7.11 Å². The summed E-state index contributed by atoms with van der Waals surface area (Å²) in [5.41, 5.74) is 2.53. The molecule has 1 N–H and O–H groups in total. The van der Waals surface area contributed by atoms with Crippen molar-refractivity contribution in [3.8, 4) is 11.5 Å². The van der Waals surface area contributed by atoms with Crippen LogP contribution in [0.5, 0.6) is 11.5 Å². The smallest absolute Gasteiger partial charge is 0.416 e. The first-order valence-corrected chi connectivity index (χ1v) is 11.4. The Bertz CT molecular complexity index is 1240. The number of halogens is 6. The first-order chi connectivity index (χ1) is 16.1. The summed E-state index contributed by atoms with van der Waals surface area (Å²) in [6.45, 7) is 0.226. The Morgan fingerprint density at radius 1 is 1.12 bits per heavy atom. The van der Waals surface area contributed by atoms with Crippen molar-refractivity contribution in [3.05, 3.63) is 90.5 Å². The van der Waals surface area contributed by atoms with Gasteiger partial charge in [-0.05, 0) is 76.2 Å². The molecule has 3 aromatic carbocycles. The quantitative estimate of drug-likeness (QED) is 0.176. The number of rotatable bonds is 7. The molecule has 0 fully saturated rings. The third kappa shape index (κ3) is 6.77. The van der Waals surface area contributed by atoms with Gasteiger partial charge in [0.05, 0.1) is 32.5 Å². The summed E-state index contributed by atoms with van der Waals surface area (Å²) in [4.78, 5) is 12.2. The van der Waals surface area contributed by atoms with Crippen LogP contribution in [0.15, 0.2) is 59.7 Å². The summed E-state index contributed by atoms with van der Waals surface area (Å²) in [6, 6.07) is 12.6. The predicted molar refractivity (Wildman–Crippen MR) is 133 cm³/mol. The van der Waals surface area contributed by atoms with Crippen LogP contribution in [0, 0.1) is 3.57 Å². The summed E-state index contributed by atoms with van der Waals surface area (Å²) < 4.78 is 50.5. The minimum atomic E-state index is -4.55. The number of nitrogens with one attached hydrogen (secondary N) is 1. The highest BCUT2D eigenvalue weighted by Crippen LogP contribution is 2.34. The van der Waals surface area contributed by atoms with Crippen LogP contribution in [-0.2, 0) is 12.8 Å². The summed E-state index contributed by atoms with van der Waals surface area (Å²) in [5.74, 6) is 0.155. The van der Waals surface area contributed by atoms with Crippen LogP contribution in [-0.4, -0.2) is 19.2 Å². The standard InChI is InChI=1S/C23H16Cl2F3IN2O3/c1-33-20-9-14(8-19(29)21(20)34-12-13-5-6-17(24)18(25)7-13)11-30-31-22(32)15-3-2-4-16(10-15)23(26,27)28/h2-11H,12H2,1H3,(H,31,32)/b30-11-.